The van der Waals surface area contributed by atoms with Crippen LogP contribution in [0.4, 0.5) is 0 Å². The second kappa shape index (κ2) is 4.42. The Morgan fingerprint density at radius 1 is 1.69 bits per heavy atom. The van der Waals surface area contributed by atoms with E-state index in [-0.39, 0.29) is 18.8 Å². The first-order valence-corrected chi connectivity index (χ1v) is 4.63. The summed E-state index contributed by atoms with van der Waals surface area (Å²) in [5, 5.41) is 9.03. The Bertz CT molecular complexity index is 162. The second-order valence-electron chi connectivity index (χ2n) is 3.54. The van der Waals surface area contributed by atoms with Gasteiger partial charge >= 0.3 is 0 Å². The highest BCUT2D eigenvalue weighted by Crippen LogP contribution is 2.24. The molecule has 0 aromatic rings. The van der Waals surface area contributed by atoms with Crippen LogP contribution in [0.15, 0.2) is 0 Å². The molecule has 13 heavy (non-hydrogen) atoms. The Hall–Kier alpha value is -0.0951. The van der Waals surface area contributed by atoms with E-state index in [1.807, 2.05) is 21.7 Å². The quantitative estimate of drug-likeness (QED) is 0.581. The molecule has 76 valence electrons. The smallest absolute Gasteiger partial charge is 0.163 e. The van der Waals surface area contributed by atoms with Gasteiger partial charge in [0.1, 0.15) is 20.1 Å². The number of ether oxygens (including phenoxy) is 3. The van der Waals surface area contributed by atoms with Crippen LogP contribution in [0.3, 0.4) is 0 Å². The highest BCUT2D eigenvalue weighted by atomic mass is 16.7. The van der Waals surface area contributed by atoms with Gasteiger partial charge in [-0.2, -0.15) is 0 Å². The first kappa shape index (κ1) is 11.0. The molecule has 1 aliphatic heterocycles. The third-order valence-electron chi connectivity index (χ3n) is 2.01. The molecule has 4 nitrogen and oxygen atoms in total. The van der Waals surface area contributed by atoms with Crippen molar-refractivity contribution in [2.45, 2.75) is 31.8 Å². The largest absolute Gasteiger partial charge is 0.394 e. The van der Waals surface area contributed by atoms with Crippen molar-refractivity contribution in [1.29, 1.82) is 0 Å². The lowest BCUT2D eigenvalue weighted by Gasteiger charge is -2.22. The summed E-state index contributed by atoms with van der Waals surface area (Å²) >= 11 is 0. The summed E-state index contributed by atoms with van der Waals surface area (Å²) in [5.41, 5.74) is 0. The fourth-order valence-corrected chi connectivity index (χ4v) is 1.39. The Balaban J connectivity index is 2.43. The average Bonchev–Trinajstić information content (AvgIpc) is 2.42. The van der Waals surface area contributed by atoms with Crippen LogP contribution in [0.25, 0.3) is 0 Å². The maximum Gasteiger partial charge on any atom is 0.163 e. The van der Waals surface area contributed by atoms with Gasteiger partial charge < -0.3 is 19.3 Å². The molecule has 0 aromatic heterocycles. The Kier molecular flexibility index (Phi) is 3.73. The Morgan fingerprint density at radius 2 is 2.38 bits per heavy atom. The summed E-state index contributed by atoms with van der Waals surface area (Å²) in [7, 11) is 1.89. The average molecular weight is 188 g/mol. The van der Waals surface area contributed by atoms with Crippen LogP contribution >= 0.6 is 0 Å². The predicted molar refractivity (Wildman–Crippen MR) is 50.3 cm³/mol. The second-order valence-corrected chi connectivity index (χ2v) is 3.54. The van der Waals surface area contributed by atoms with Crippen LogP contribution in [0.2, 0.25) is 0 Å². The number of rotatable bonds is 4. The number of hydrogen-bond acceptors (Lipinski definition) is 4. The van der Waals surface area contributed by atoms with E-state index in [1.54, 1.807) is 0 Å². The van der Waals surface area contributed by atoms with E-state index in [2.05, 4.69) is 0 Å². The summed E-state index contributed by atoms with van der Waals surface area (Å²) in [6.45, 7) is 4.74. The van der Waals surface area contributed by atoms with Crippen molar-refractivity contribution >= 4 is 7.85 Å². The normalized spacial score (nSPS) is 29.0. The molecule has 2 atom stereocenters. The van der Waals surface area contributed by atoms with E-state index < -0.39 is 5.79 Å². The van der Waals surface area contributed by atoms with E-state index in [9.17, 15) is 0 Å². The van der Waals surface area contributed by atoms with Crippen molar-refractivity contribution in [1.82, 2.24) is 0 Å². The molecule has 0 amide bonds. The van der Waals surface area contributed by atoms with Gasteiger partial charge in [-0.3, -0.25) is 0 Å². The van der Waals surface area contributed by atoms with Crippen LogP contribution in [0.5, 0.6) is 0 Å². The topological polar surface area (TPSA) is 47.9 Å². The lowest BCUT2D eigenvalue weighted by atomic mass is 10.2. The first-order chi connectivity index (χ1) is 6.09. The van der Waals surface area contributed by atoms with E-state index in [0.29, 0.717) is 13.1 Å². The molecule has 5 heteroatoms. The summed E-state index contributed by atoms with van der Waals surface area (Å²) in [4.78, 5) is 0. The van der Waals surface area contributed by atoms with Crippen LogP contribution in [-0.4, -0.2) is 50.7 Å². The molecule has 1 N–H and O–H groups in total. The third kappa shape index (κ3) is 2.95. The zero-order valence-electron chi connectivity index (χ0n) is 8.45. The maximum atomic E-state index is 9.03. The minimum Gasteiger partial charge on any atom is -0.394 e. The molecule has 1 heterocycles. The van der Waals surface area contributed by atoms with Crippen molar-refractivity contribution in [2.75, 3.05) is 19.7 Å². The number of hydrogen-bond donors (Lipinski definition) is 1. The molecule has 0 radical (unpaired) electrons. The van der Waals surface area contributed by atoms with Gasteiger partial charge in [0.2, 0.25) is 0 Å². The van der Waals surface area contributed by atoms with Gasteiger partial charge in [-0.05, 0) is 13.8 Å². The molecule has 1 fully saturated rings. The Morgan fingerprint density at radius 3 is 2.77 bits per heavy atom. The molecule has 1 rings (SSSR count). The van der Waals surface area contributed by atoms with E-state index in [0.717, 1.165) is 0 Å². The molecular weight excluding hydrogens is 171 g/mol. The van der Waals surface area contributed by atoms with Crippen LogP contribution in [0, 0.1) is 0 Å². The fourth-order valence-electron chi connectivity index (χ4n) is 1.39. The third-order valence-corrected chi connectivity index (χ3v) is 2.01. The predicted octanol–water partition coefficient (Wildman–Crippen LogP) is -0.894. The van der Waals surface area contributed by atoms with Gasteiger partial charge in [0.15, 0.2) is 5.79 Å². The molecular formula is C8H17BO4. The molecule has 0 aliphatic carbocycles. The van der Waals surface area contributed by atoms with Crippen LogP contribution in [-0.2, 0) is 14.2 Å². The highest BCUT2D eigenvalue weighted by molar-refractivity contribution is 6.08. The molecule has 0 saturated carbocycles. The molecule has 0 bridgehead atoms. The fraction of sp³-hybridized carbons (Fsp3) is 1.00. The number of aliphatic hydroxyl groups is 1. The molecule has 1 saturated heterocycles. The van der Waals surface area contributed by atoms with E-state index in [1.165, 1.54) is 0 Å². The summed E-state index contributed by atoms with van der Waals surface area (Å²) in [6.07, 6.45) is -0.424. The number of aliphatic hydroxyl groups excluding tert-OH is 1. The summed E-state index contributed by atoms with van der Waals surface area (Å²) in [6, 6.07) is 0. The van der Waals surface area contributed by atoms with E-state index >= 15 is 0 Å². The monoisotopic (exact) mass is 188 g/mol. The minimum atomic E-state index is -0.546. The first-order valence-electron chi connectivity index (χ1n) is 4.63. The van der Waals surface area contributed by atoms with Crippen molar-refractivity contribution in [3.63, 3.8) is 0 Å². The molecule has 1 unspecified atom stereocenters. The van der Waals surface area contributed by atoms with Crippen molar-refractivity contribution in [2.24, 2.45) is 0 Å². The lowest BCUT2D eigenvalue weighted by Crippen LogP contribution is -2.36. The summed E-state index contributed by atoms with van der Waals surface area (Å²) in [5.74, 6) is -0.546. The summed E-state index contributed by atoms with van der Waals surface area (Å²) < 4.78 is 16.2. The Labute approximate surface area is 79.6 Å². The zero-order chi connectivity index (χ0) is 9.90. The van der Waals surface area contributed by atoms with Gasteiger partial charge in [-0.15, -0.1) is 0 Å². The molecule has 0 spiro atoms. The maximum absolute atomic E-state index is 9.03. The van der Waals surface area contributed by atoms with E-state index in [4.69, 9.17) is 19.3 Å². The van der Waals surface area contributed by atoms with Gasteiger partial charge in [0, 0.05) is 6.51 Å². The van der Waals surface area contributed by atoms with Gasteiger partial charge in [0.25, 0.3) is 0 Å². The van der Waals surface area contributed by atoms with Crippen LogP contribution in [0.1, 0.15) is 13.8 Å². The highest BCUT2D eigenvalue weighted by Gasteiger charge is 2.37. The molecule has 1 aliphatic rings. The van der Waals surface area contributed by atoms with Crippen LogP contribution < -0.4 is 0 Å². The SMILES string of the molecule is BCO[C@H](CO)C1COC(C)(C)O1. The van der Waals surface area contributed by atoms with Gasteiger partial charge in [-0.25, -0.2) is 0 Å². The van der Waals surface area contributed by atoms with Gasteiger partial charge in [-0.1, -0.05) is 0 Å². The van der Waals surface area contributed by atoms with Crippen molar-refractivity contribution in [3.8, 4) is 0 Å². The zero-order valence-corrected chi connectivity index (χ0v) is 8.45. The molecule has 0 aromatic carbocycles. The van der Waals surface area contributed by atoms with Crippen molar-refractivity contribution < 1.29 is 19.3 Å². The standard InChI is InChI=1S/C8H17BO4/c1-8(2)12-4-7(13-8)6(3-10)11-5-9/h6-7,10H,3-5,9H2,1-2H3/t6-,7?/m1/s1. The minimum absolute atomic E-state index is 0.0298. The van der Waals surface area contributed by atoms with Gasteiger partial charge in [0.05, 0.1) is 13.2 Å². The van der Waals surface area contributed by atoms with Crippen molar-refractivity contribution in [3.05, 3.63) is 0 Å². The lowest BCUT2D eigenvalue weighted by molar-refractivity contribution is -0.158.